The van der Waals surface area contributed by atoms with Gasteiger partial charge in [0.1, 0.15) is 12.3 Å². The highest BCUT2D eigenvalue weighted by atomic mass is 35.5. The molecule has 7 heteroatoms. The van der Waals surface area contributed by atoms with Crippen molar-refractivity contribution in [3.8, 4) is 5.75 Å². The van der Waals surface area contributed by atoms with E-state index in [1.54, 1.807) is 30.2 Å². The minimum absolute atomic E-state index is 0.0168. The molecule has 0 radical (unpaired) electrons. The van der Waals surface area contributed by atoms with Crippen LogP contribution in [0.3, 0.4) is 0 Å². The van der Waals surface area contributed by atoms with Crippen LogP contribution in [0.5, 0.6) is 5.75 Å². The van der Waals surface area contributed by atoms with E-state index in [2.05, 4.69) is 16.4 Å². The molecule has 2 aromatic carbocycles. The van der Waals surface area contributed by atoms with Crippen LogP contribution in [-0.2, 0) is 11.2 Å². The third-order valence-electron chi connectivity index (χ3n) is 4.22. The van der Waals surface area contributed by atoms with Gasteiger partial charge in [-0.1, -0.05) is 29.8 Å². The van der Waals surface area contributed by atoms with Crippen molar-refractivity contribution >= 4 is 34.8 Å². The highest BCUT2D eigenvalue weighted by Crippen LogP contribution is 2.28. The number of hydrogen-bond donors (Lipinski definition) is 2. The third kappa shape index (κ3) is 4.08. The summed E-state index contributed by atoms with van der Waals surface area (Å²) in [6, 6.07) is 13.2. The number of aliphatic imine (C=N–C) groups is 1. The van der Waals surface area contributed by atoms with Crippen molar-refractivity contribution < 1.29 is 9.53 Å². The Morgan fingerprint density at radius 2 is 2.15 bits per heavy atom. The summed E-state index contributed by atoms with van der Waals surface area (Å²) in [7, 11) is 1.55. The Balaban J connectivity index is 1.64. The maximum Gasteiger partial charge on any atom is 0.248 e. The van der Waals surface area contributed by atoms with Gasteiger partial charge in [-0.25, -0.2) is 4.99 Å². The van der Waals surface area contributed by atoms with Crippen LogP contribution in [0.1, 0.15) is 12.0 Å². The summed E-state index contributed by atoms with van der Waals surface area (Å²) in [6.45, 7) is 0.684. The Kier molecular flexibility index (Phi) is 5.63. The fourth-order valence-electron chi connectivity index (χ4n) is 2.96. The van der Waals surface area contributed by atoms with Gasteiger partial charge in [0.2, 0.25) is 5.91 Å². The van der Waals surface area contributed by atoms with E-state index >= 15 is 0 Å². The number of para-hydroxylation sites is 1. The predicted molar refractivity (Wildman–Crippen MR) is 105 cm³/mol. The summed E-state index contributed by atoms with van der Waals surface area (Å²) in [5.74, 6) is 0.659. The van der Waals surface area contributed by atoms with Crippen LogP contribution >= 0.6 is 11.6 Å². The molecule has 2 aromatic rings. The van der Waals surface area contributed by atoms with E-state index in [4.69, 9.17) is 22.1 Å². The van der Waals surface area contributed by atoms with Crippen molar-refractivity contribution in [2.45, 2.75) is 12.8 Å². The van der Waals surface area contributed by atoms with E-state index < -0.39 is 0 Å². The van der Waals surface area contributed by atoms with Crippen LogP contribution < -0.4 is 20.7 Å². The lowest BCUT2D eigenvalue weighted by Crippen LogP contribution is -2.37. The van der Waals surface area contributed by atoms with Gasteiger partial charge in [0, 0.05) is 17.9 Å². The lowest BCUT2D eigenvalue weighted by atomic mass is 10.0. The molecule has 26 heavy (non-hydrogen) atoms. The molecule has 3 N–H and O–H groups in total. The van der Waals surface area contributed by atoms with Crippen LogP contribution in [0, 0.1) is 0 Å². The summed E-state index contributed by atoms with van der Waals surface area (Å²) in [4.78, 5) is 18.5. The normalized spacial score (nSPS) is 13.9. The highest BCUT2D eigenvalue weighted by Gasteiger charge is 2.21. The second kappa shape index (κ2) is 8.10. The molecule has 0 atom stereocenters. The first-order valence-electron chi connectivity index (χ1n) is 8.37. The zero-order chi connectivity index (χ0) is 18.5. The molecule has 1 heterocycles. The number of nitrogens with one attached hydrogen (secondary N) is 1. The molecule has 0 fully saturated rings. The molecule has 0 aromatic heterocycles. The van der Waals surface area contributed by atoms with E-state index in [0.29, 0.717) is 23.0 Å². The number of benzene rings is 2. The van der Waals surface area contributed by atoms with Crippen molar-refractivity contribution in [2.24, 2.45) is 10.7 Å². The first kappa shape index (κ1) is 18.1. The summed E-state index contributed by atoms with van der Waals surface area (Å²) in [5, 5.41) is 3.39. The van der Waals surface area contributed by atoms with Crippen molar-refractivity contribution in [2.75, 3.05) is 30.4 Å². The van der Waals surface area contributed by atoms with Gasteiger partial charge >= 0.3 is 0 Å². The molecule has 6 nitrogen and oxygen atoms in total. The van der Waals surface area contributed by atoms with Crippen LogP contribution in [-0.4, -0.2) is 32.1 Å². The second-order valence-electron chi connectivity index (χ2n) is 5.95. The molecule has 0 aliphatic carbocycles. The van der Waals surface area contributed by atoms with Crippen molar-refractivity contribution in [3.63, 3.8) is 0 Å². The van der Waals surface area contributed by atoms with Crippen LogP contribution in [0.25, 0.3) is 0 Å². The number of ether oxygens (including phenoxy) is 1. The number of hydrogen-bond acceptors (Lipinski definition) is 3. The number of amides is 1. The standard InChI is InChI=1S/C19H21ClN4O2/c1-26-17-9-8-14(11-15(17)20)23-19(21)22-12-18(25)24-10-4-6-13-5-2-3-7-16(13)24/h2-3,5,7-9,11H,4,6,10,12H2,1H3,(H3,21,22,23). The molecular formula is C19H21ClN4O2. The number of rotatable bonds is 4. The quantitative estimate of drug-likeness (QED) is 0.638. The Labute approximate surface area is 157 Å². The molecule has 0 spiro atoms. The second-order valence-corrected chi connectivity index (χ2v) is 6.36. The fourth-order valence-corrected chi connectivity index (χ4v) is 3.22. The van der Waals surface area contributed by atoms with Gasteiger partial charge in [0.25, 0.3) is 0 Å². The van der Waals surface area contributed by atoms with Crippen molar-refractivity contribution in [1.29, 1.82) is 0 Å². The van der Waals surface area contributed by atoms with E-state index in [1.807, 2.05) is 18.2 Å². The van der Waals surface area contributed by atoms with Crippen molar-refractivity contribution in [3.05, 3.63) is 53.1 Å². The average molecular weight is 373 g/mol. The first-order valence-corrected chi connectivity index (χ1v) is 8.75. The van der Waals surface area contributed by atoms with Gasteiger partial charge < -0.3 is 20.7 Å². The largest absolute Gasteiger partial charge is 0.495 e. The average Bonchev–Trinajstić information content (AvgIpc) is 2.66. The zero-order valence-electron chi connectivity index (χ0n) is 14.5. The highest BCUT2D eigenvalue weighted by molar-refractivity contribution is 6.32. The minimum Gasteiger partial charge on any atom is -0.495 e. The van der Waals surface area contributed by atoms with Gasteiger partial charge in [-0.2, -0.15) is 0 Å². The topological polar surface area (TPSA) is 80.0 Å². The molecule has 1 aliphatic rings. The predicted octanol–water partition coefficient (Wildman–Crippen LogP) is 3.05. The molecule has 136 valence electrons. The number of nitrogens with two attached hydrogens (primary N) is 1. The molecule has 0 unspecified atom stereocenters. The van der Waals surface area contributed by atoms with Crippen LogP contribution in [0.15, 0.2) is 47.5 Å². The lowest BCUT2D eigenvalue weighted by molar-refractivity contribution is -0.117. The van der Waals surface area contributed by atoms with E-state index in [9.17, 15) is 4.79 Å². The number of carbonyl (C=O) groups excluding carboxylic acids is 1. The fraction of sp³-hybridized carbons (Fsp3) is 0.263. The van der Waals surface area contributed by atoms with Gasteiger partial charge in [-0.15, -0.1) is 0 Å². The summed E-state index contributed by atoms with van der Waals surface area (Å²) < 4.78 is 5.11. The van der Waals surface area contributed by atoms with E-state index in [1.165, 1.54) is 5.56 Å². The Hall–Kier alpha value is -2.73. The summed E-state index contributed by atoms with van der Waals surface area (Å²) >= 11 is 6.08. The molecule has 0 saturated carbocycles. The summed E-state index contributed by atoms with van der Waals surface area (Å²) in [6.07, 6.45) is 1.94. The molecule has 3 rings (SSSR count). The van der Waals surface area contributed by atoms with Crippen LogP contribution in [0.2, 0.25) is 5.02 Å². The molecule has 1 aliphatic heterocycles. The lowest BCUT2D eigenvalue weighted by Gasteiger charge is -2.29. The first-order chi connectivity index (χ1) is 12.6. The molecule has 0 bridgehead atoms. The maximum absolute atomic E-state index is 12.6. The SMILES string of the molecule is COc1ccc(NC(N)=NCC(=O)N2CCCc3ccccc32)cc1Cl. The number of anilines is 2. The van der Waals surface area contributed by atoms with Gasteiger partial charge in [0.15, 0.2) is 5.96 Å². The van der Waals surface area contributed by atoms with Crippen LogP contribution in [0.4, 0.5) is 11.4 Å². The smallest absolute Gasteiger partial charge is 0.248 e. The van der Waals surface area contributed by atoms with Crippen molar-refractivity contribution in [1.82, 2.24) is 0 Å². The number of guanidine groups is 1. The van der Waals surface area contributed by atoms with Gasteiger partial charge in [-0.3, -0.25) is 4.79 Å². The number of fused-ring (bicyclic) bond motifs is 1. The molecule has 1 amide bonds. The Morgan fingerprint density at radius 1 is 1.35 bits per heavy atom. The Bertz CT molecular complexity index is 838. The monoisotopic (exact) mass is 372 g/mol. The summed E-state index contributed by atoms with van der Waals surface area (Å²) in [5.41, 5.74) is 8.72. The minimum atomic E-state index is -0.0744. The van der Waals surface area contributed by atoms with E-state index in [-0.39, 0.29) is 18.4 Å². The Morgan fingerprint density at radius 3 is 2.92 bits per heavy atom. The number of methoxy groups -OCH3 is 1. The maximum atomic E-state index is 12.6. The molecule has 0 saturated heterocycles. The van der Waals surface area contributed by atoms with E-state index in [0.717, 1.165) is 18.5 Å². The number of nitrogens with zero attached hydrogens (tertiary/aromatic N) is 2. The number of aryl methyl sites for hydroxylation is 1. The third-order valence-corrected chi connectivity index (χ3v) is 4.52. The number of carbonyl (C=O) groups is 1. The number of halogens is 1. The van der Waals surface area contributed by atoms with Gasteiger partial charge in [-0.05, 0) is 42.7 Å². The zero-order valence-corrected chi connectivity index (χ0v) is 15.3. The van der Waals surface area contributed by atoms with Gasteiger partial charge in [0.05, 0.1) is 12.1 Å². The molecular weight excluding hydrogens is 352 g/mol.